The van der Waals surface area contributed by atoms with Crippen molar-refractivity contribution in [3.8, 4) is 11.5 Å². The third kappa shape index (κ3) is 6.36. The predicted octanol–water partition coefficient (Wildman–Crippen LogP) is 5.26. The maximum absolute atomic E-state index is 12.1. The summed E-state index contributed by atoms with van der Waals surface area (Å²) in [6, 6.07) is 22.1. The number of para-hydroxylation sites is 1. The van der Waals surface area contributed by atoms with E-state index < -0.39 is 0 Å². The average molecular weight is 423 g/mol. The van der Waals surface area contributed by atoms with Gasteiger partial charge in [-0.15, -0.1) is 0 Å². The van der Waals surface area contributed by atoms with Crippen molar-refractivity contribution in [1.82, 2.24) is 5.43 Å². The number of carbonyl (C=O) groups excluding carboxylic acids is 1. The van der Waals surface area contributed by atoms with Gasteiger partial charge in [-0.3, -0.25) is 4.79 Å². The summed E-state index contributed by atoms with van der Waals surface area (Å²) in [4.78, 5) is 12.1. The molecule has 3 aromatic rings. The van der Waals surface area contributed by atoms with Gasteiger partial charge in [0.15, 0.2) is 0 Å². The van der Waals surface area contributed by atoms with Crippen LogP contribution in [-0.2, 0) is 0 Å². The molecule has 1 amide bonds. The van der Waals surface area contributed by atoms with Gasteiger partial charge in [0.05, 0.1) is 19.4 Å². The Hall–Kier alpha value is -3.31. The van der Waals surface area contributed by atoms with E-state index in [0.717, 1.165) is 17.7 Å². The Balaban J connectivity index is 1.52. The van der Waals surface area contributed by atoms with Crippen molar-refractivity contribution < 1.29 is 14.3 Å². The molecule has 0 aliphatic carbocycles. The highest BCUT2D eigenvalue weighted by Gasteiger charge is 2.05. The molecule has 0 saturated carbocycles. The van der Waals surface area contributed by atoms with Crippen LogP contribution >= 0.6 is 11.6 Å². The Labute approximate surface area is 181 Å². The number of nitrogens with zero attached hydrogens (tertiary/aromatic N) is 1. The lowest BCUT2D eigenvalue weighted by Gasteiger charge is -2.11. The van der Waals surface area contributed by atoms with Gasteiger partial charge in [0.2, 0.25) is 0 Å². The number of hydrazone groups is 1. The fourth-order valence-electron chi connectivity index (χ4n) is 2.71. The molecule has 1 N–H and O–H groups in total. The average Bonchev–Trinajstić information content (AvgIpc) is 2.76. The Kier molecular flexibility index (Phi) is 7.86. The number of hydrogen-bond donors (Lipinski definition) is 1. The molecule has 6 heteroatoms. The molecule has 154 valence electrons. The first-order chi connectivity index (χ1) is 14.6. The zero-order chi connectivity index (χ0) is 21.2. The number of carbonyl (C=O) groups is 1. The molecule has 0 unspecified atom stereocenters. The smallest absolute Gasteiger partial charge is 0.271 e. The minimum atomic E-state index is -0.287. The van der Waals surface area contributed by atoms with Crippen molar-refractivity contribution in [2.24, 2.45) is 5.10 Å². The summed E-state index contributed by atoms with van der Waals surface area (Å²) in [5.41, 5.74) is 4.82. The summed E-state index contributed by atoms with van der Waals surface area (Å²) < 4.78 is 11.6. The Morgan fingerprint density at radius 2 is 1.67 bits per heavy atom. The van der Waals surface area contributed by atoms with Gasteiger partial charge in [-0.2, -0.15) is 5.10 Å². The van der Waals surface area contributed by atoms with E-state index in [4.69, 9.17) is 21.1 Å². The molecule has 3 aromatic carbocycles. The van der Waals surface area contributed by atoms with Gasteiger partial charge in [0.25, 0.3) is 5.91 Å². The topological polar surface area (TPSA) is 59.9 Å². The van der Waals surface area contributed by atoms with Gasteiger partial charge in [0.1, 0.15) is 11.5 Å². The molecule has 30 heavy (non-hydrogen) atoms. The van der Waals surface area contributed by atoms with Crippen LogP contribution in [0.5, 0.6) is 11.5 Å². The molecule has 0 spiro atoms. The highest BCUT2D eigenvalue weighted by atomic mass is 35.5. The number of hydrogen-bond acceptors (Lipinski definition) is 4. The lowest BCUT2D eigenvalue weighted by atomic mass is 10.2. The summed E-state index contributed by atoms with van der Waals surface area (Å²) in [6.45, 7) is 3.04. The predicted molar refractivity (Wildman–Crippen MR) is 120 cm³/mol. The number of halogens is 1. The van der Waals surface area contributed by atoms with Crippen molar-refractivity contribution in [3.63, 3.8) is 0 Å². The third-order valence-electron chi connectivity index (χ3n) is 4.27. The molecule has 5 nitrogen and oxygen atoms in total. The van der Waals surface area contributed by atoms with Crippen molar-refractivity contribution in [3.05, 3.63) is 94.5 Å². The first kappa shape index (κ1) is 21.4. The fourth-order valence-corrected chi connectivity index (χ4v) is 2.89. The molecule has 0 atom stereocenters. The molecule has 0 radical (unpaired) electrons. The molecule has 0 heterocycles. The molecule has 0 aliphatic heterocycles. The van der Waals surface area contributed by atoms with Crippen LogP contribution in [0.2, 0.25) is 5.02 Å². The van der Waals surface area contributed by atoms with Gasteiger partial charge in [-0.05, 0) is 48.9 Å². The lowest BCUT2D eigenvalue weighted by molar-refractivity contribution is 0.0955. The van der Waals surface area contributed by atoms with Crippen LogP contribution in [0.25, 0.3) is 0 Å². The molecular weight excluding hydrogens is 400 g/mol. The van der Waals surface area contributed by atoms with Crippen LogP contribution in [0.15, 0.2) is 77.9 Å². The number of rotatable bonds is 9. The van der Waals surface area contributed by atoms with Crippen LogP contribution in [0.4, 0.5) is 0 Å². The van der Waals surface area contributed by atoms with E-state index in [0.29, 0.717) is 35.1 Å². The monoisotopic (exact) mass is 422 g/mol. The van der Waals surface area contributed by atoms with Crippen LogP contribution in [-0.4, -0.2) is 25.3 Å². The van der Waals surface area contributed by atoms with Crippen LogP contribution in [0.1, 0.15) is 27.9 Å². The molecule has 0 aromatic heterocycles. The van der Waals surface area contributed by atoms with Crippen molar-refractivity contribution in [1.29, 1.82) is 0 Å². The molecule has 0 saturated heterocycles. The quantitative estimate of drug-likeness (QED) is 0.290. The summed E-state index contributed by atoms with van der Waals surface area (Å²) in [7, 11) is 0. The van der Waals surface area contributed by atoms with Gasteiger partial charge >= 0.3 is 0 Å². The standard InChI is InChI=1S/C24H23ClN2O3/c1-18-8-5-6-11-22(18)29-14-7-15-30-23-13-12-21(25)16-20(23)17-26-27-24(28)19-9-3-2-4-10-19/h2-6,8-13,16-17H,7,14-15H2,1H3,(H,27,28)/b26-17+. The second-order valence-electron chi connectivity index (χ2n) is 6.56. The first-order valence-electron chi connectivity index (χ1n) is 9.63. The van der Waals surface area contributed by atoms with E-state index in [2.05, 4.69) is 10.5 Å². The summed E-state index contributed by atoms with van der Waals surface area (Å²) >= 11 is 6.10. The molecular formula is C24H23ClN2O3. The van der Waals surface area contributed by atoms with Gasteiger partial charge in [-0.25, -0.2) is 5.43 Å². The van der Waals surface area contributed by atoms with E-state index in [-0.39, 0.29) is 5.91 Å². The number of benzene rings is 3. The van der Waals surface area contributed by atoms with E-state index in [1.165, 1.54) is 6.21 Å². The largest absolute Gasteiger partial charge is 0.493 e. The number of aryl methyl sites for hydroxylation is 1. The van der Waals surface area contributed by atoms with Gasteiger partial charge in [0, 0.05) is 22.6 Å². The van der Waals surface area contributed by atoms with E-state index in [1.54, 1.807) is 42.5 Å². The first-order valence-corrected chi connectivity index (χ1v) is 10.0. The van der Waals surface area contributed by atoms with Crippen LogP contribution in [0.3, 0.4) is 0 Å². The Morgan fingerprint density at radius 3 is 2.43 bits per heavy atom. The van der Waals surface area contributed by atoms with Crippen molar-refractivity contribution in [2.75, 3.05) is 13.2 Å². The molecule has 0 aliphatic rings. The Morgan fingerprint density at radius 1 is 0.967 bits per heavy atom. The van der Waals surface area contributed by atoms with Crippen LogP contribution in [0, 0.1) is 6.92 Å². The summed E-state index contributed by atoms with van der Waals surface area (Å²) in [5, 5.41) is 4.58. The van der Waals surface area contributed by atoms with Gasteiger partial charge < -0.3 is 9.47 Å². The molecule has 0 fully saturated rings. The van der Waals surface area contributed by atoms with Crippen molar-refractivity contribution in [2.45, 2.75) is 13.3 Å². The summed E-state index contributed by atoms with van der Waals surface area (Å²) in [6.07, 6.45) is 2.24. The van der Waals surface area contributed by atoms with Crippen LogP contribution < -0.4 is 14.9 Å². The number of nitrogens with one attached hydrogen (secondary N) is 1. The maximum Gasteiger partial charge on any atom is 0.271 e. The fraction of sp³-hybridized carbons (Fsp3) is 0.167. The van der Waals surface area contributed by atoms with Gasteiger partial charge in [-0.1, -0.05) is 48.0 Å². The van der Waals surface area contributed by atoms with E-state index in [1.807, 2.05) is 37.3 Å². The Bertz CT molecular complexity index is 1010. The minimum Gasteiger partial charge on any atom is -0.493 e. The second-order valence-corrected chi connectivity index (χ2v) is 7.00. The highest BCUT2D eigenvalue weighted by Crippen LogP contribution is 2.22. The number of ether oxygens (including phenoxy) is 2. The normalized spacial score (nSPS) is 10.7. The molecule has 0 bridgehead atoms. The summed E-state index contributed by atoms with van der Waals surface area (Å²) in [5.74, 6) is 1.23. The highest BCUT2D eigenvalue weighted by molar-refractivity contribution is 6.30. The third-order valence-corrected chi connectivity index (χ3v) is 4.51. The zero-order valence-corrected chi connectivity index (χ0v) is 17.4. The van der Waals surface area contributed by atoms with E-state index >= 15 is 0 Å². The second kappa shape index (κ2) is 11.0. The SMILES string of the molecule is Cc1ccccc1OCCCOc1ccc(Cl)cc1/C=N/NC(=O)c1ccccc1. The number of amides is 1. The minimum absolute atomic E-state index is 0.287. The lowest BCUT2D eigenvalue weighted by Crippen LogP contribution is -2.17. The van der Waals surface area contributed by atoms with E-state index in [9.17, 15) is 4.79 Å². The molecule has 3 rings (SSSR count). The van der Waals surface area contributed by atoms with Crippen molar-refractivity contribution >= 4 is 23.7 Å². The maximum atomic E-state index is 12.1. The zero-order valence-electron chi connectivity index (χ0n) is 16.7.